The largest absolute Gasteiger partial charge is 0.376 e. The van der Waals surface area contributed by atoms with Gasteiger partial charge in [-0.05, 0) is 55.8 Å². The number of pyridine rings is 1. The third-order valence-corrected chi connectivity index (χ3v) is 7.96. The Kier molecular flexibility index (Phi) is 6.89. The van der Waals surface area contributed by atoms with Gasteiger partial charge in [0, 0.05) is 46.6 Å². The molecule has 5 heterocycles. The second-order valence-corrected chi connectivity index (χ2v) is 10.4. The zero-order chi connectivity index (χ0) is 23.5. The molecule has 0 spiro atoms. The van der Waals surface area contributed by atoms with Crippen molar-refractivity contribution < 1.29 is 9.53 Å². The fourth-order valence-electron chi connectivity index (χ4n) is 4.28. The lowest BCUT2D eigenvalue weighted by Crippen LogP contribution is -2.32. The molecule has 1 saturated heterocycles. The van der Waals surface area contributed by atoms with Crippen LogP contribution in [0.15, 0.2) is 47.3 Å². The SMILES string of the molecule is CCc1cc(-c2nc(-c3cc(C(=O)NCC4CCCO4)c(C)n3Cc3cccs3)cs2)ccn1. The maximum absolute atomic E-state index is 13.1. The van der Waals surface area contributed by atoms with Gasteiger partial charge in [-0.25, -0.2) is 4.98 Å². The van der Waals surface area contributed by atoms with E-state index in [9.17, 15) is 4.79 Å². The molecule has 0 saturated carbocycles. The Balaban J connectivity index is 1.47. The molecule has 1 fully saturated rings. The van der Waals surface area contributed by atoms with Crippen molar-refractivity contribution in [3.05, 3.63) is 69.1 Å². The summed E-state index contributed by atoms with van der Waals surface area (Å²) in [5, 5.41) is 8.19. The van der Waals surface area contributed by atoms with Gasteiger partial charge in [-0.3, -0.25) is 9.78 Å². The van der Waals surface area contributed by atoms with Crippen molar-refractivity contribution in [3.8, 4) is 22.0 Å². The van der Waals surface area contributed by atoms with E-state index in [1.807, 2.05) is 25.3 Å². The summed E-state index contributed by atoms with van der Waals surface area (Å²) < 4.78 is 7.87. The minimum Gasteiger partial charge on any atom is -0.376 e. The first kappa shape index (κ1) is 23.0. The second kappa shape index (κ2) is 10.2. The van der Waals surface area contributed by atoms with Gasteiger partial charge in [0.25, 0.3) is 5.91 Å². The van der Waals surface area contributed by atoms with Gasteiger partial charge in [0.05, 0.1) is 29.6 Å². The van der Waals surface area contributed by atoms with Crippen LogP contribution in [0.3, 0.4) is 0 Å². The molecule has 0 bridgehead atoms. The number of rotatable bonds is 8. The molecule has 1 atom stereocenters. The number of amides is 1. The molecule has 1 aliphatic rings. The minimum atomic E-state index is -0.0589. The third kappa shape index (κ3) is 4.85. The molecular formula is C26H28N4O2S2. The van der Waals surface area contributed by atoms with Crippen LogP contribution in [-0.2, 0) is 17.7 Å². The standard InChI is InChI=1S/C26H28N4O2S2/c1-3-19-12-18(8-9-27-19)26-29-23(16-34-26)24-13-22(25(31)28-14-20-6-4-10-32-20)17(2)30(24)15-21-7-5-11-33-21/h5,7-9,11-13,16,20H,3-4,6,10,14-15H2,1-2H3,(H,28,31). The molecule has 1 unspecified atom stereocenters. The normalized spacial score (nSPS) is 15.6. The van der Waals surface area contributed by atoms with Crippen LogP contribution in [-0.4, -0.2) is 39.7 Å². The number of hydrogen-bond donors (Lipinski definition) is 1. The highest BCUT2D eigenvalue weighted by Crippen LogP contribution is 2.32. The van der Waals surface area contributed by atoms with Gasteiger partial charge in [-0.1, -0.05) is 13.0 Å². The third-order valence-electron chi connectivity index (χ3n) is 6.21. The quantitative estimate of drug-likeness (QED) is 0.349. The summed E-state index contributed by atoms with van der Waals surface area (Å²) in [6.07, 6.45) is 4.91. The van der Waals surface area contributed by atoms with E-state index in [-0.39, 0.29) is 12.0 Å². The monoisotopic (exact) mass is 492 g/mol. The van der Waals surface area contributed by atoms with Crippen LogP contribution in [0.2, 0.25) is 0 Å². The molecule has 4 aromatic rings. The molecule has 4 aromatic heterocycles. The fourth-order valence-corrected chi connectivity index (χ4v) is 5.79. The molecule has 1 aliphatic heterocycles. The molecular weight excluding hydrogens is 464 g/mol. The first-order valence-electron chi connectivity index (χ1n) is 11.7. The Bertz CT molecular complexity index is 1270. The average molecular weight is 493 g/mol. The summed E-state index contributed by atoms with van der Waals surface area (Å²) in [4.78, 5) is 23.7. The number of thiazole rings is 1. The maximum atomic E-state index is 13.1. The number of aromatic nitrogens is 3. The summed E-state index contributed by atoms with van der Waals surface area (Å²) in [6.45, 7) is 6.16. The van der Waals surface area contributed by atoms with E-state index in [0.29, 0.717) is 18.7 Å². The molecule has 6 nitrogen and oxygen atoms in total. The fraction of sp³-hybridized carbons (Fsp3) is 0.346. The van der Waals surface area contributed by atoms with Crippen LogP contribution in [0.4, 0.5) is 0 Å². The molecule has 34 heavy (non-hydrogen) atoms. The highest BCUT2D eigenvalue weighted by atomic mass is 32.1. The number of nitrogens with zero attached hydrogens (tertiary/aromatic N) is 3. The summed E-state index contributed by atoms with van der Waals surface area (Å²) in [5.74, 6) is -0.0589. The number of carbonyl (C=O) groups is 1. The number of ether oxygens (including phenoxy) is 1. The van der Waals surface area contributed by atoms with Crippen molar-refractivity contribution in [1.82, 2.24) is 19.9 Å². The smallest absolute Gasteiger partial charge is 0.253 e. The molecule has 176 valence electrons. The molecule has 0 radical (unpaired) electrons. The Morgan fingerprint density at radius 1 is 1.29 bits per heavy atom. The molecule has 0 aliphatic carbocycles. The molecule has 5 rings (SSSR count). The van der Waals surface area contributed by atoms with E-state index >= 15 is 0 Å². The second-order valence-electron chi connectivity index (χ2n) is 8.47. The summed E-state index contributed by atoms with van der Waals surface area (Å²) in [5.41, 5.74) is 5.60. The van der Waals surface area contributed by atoms with Gasteiger partial charge in [0.15, 0.2) is 0 Å². The van der Waals surface area contributed by atoms with Crippen molar-refractivity contribution >= 4 is 28.6 Å². The average Bonchev–Trinajstić information content (AvgIpc) is 3.66. The Morgan fingerprint density at radius 2 is 2.21 bits per heavy atom. The van der Waals surface area contributed by atoms with E-state index in [1.165, 1.54) is 4.88 Å². The predicted molar refractivity (Wildman–Crippen MR) is 138 cm³/mol. The van der Waals surface area contributed by atoms with Gasteiger partial charge in [-0.2, -0.15) is 0 Å². The Labute approximate surface area is 207 Å². The summed E-state index contributed by atoms with van der Waals surface area (Å²) in [6, 6.07) is 10.3. The van der Waals surface area contributed by atoms with E-state index in [2.05, 4.69) is 50.8 Å². The molecule has 1 N–H and O–H groups in total. The van der Waals surface area contributed by atoms with Gasteiger partial charge >= 0.3 is 0 Å². The van der Waals surface area contributed by atoms with Crippen molar-refractivity contribution in [2.24, 2.45) is 0 Å². The maximum Gasteiger partial charge on any atom is 0.253 e. The van der Waals surface area contributed by atoms with Crippen molar-refractivity contribution in [3.63, 3.8) is 0 Å². The first-order chi connectivity index (χ1) is 16.6. The lowest BCUT2D eigenvalue weighted by molar-refractivity contribution is 0.0857. The van der Waals surface area contributed by atoms with Crippen LogP contribution in [0.25, 0.3) is 22.0 Å². The number of nitrogens with one attached hydrogen (secondary N) is 1. The van der Waals surface area contributed by atoms with Crippen LogP contribution in [0.1, 0.15) is 46.4 Å². The van der Waals surface area contributed by atoms with E-state index in [4.69, 9.17) is 9.72 Å². The lowest BCUT2D eigenvalue weighted by Gasteiger charge is -2.12. The predicted octanol–water partition coefficient (Wildman–Crippen LogP) is 5.56. The minimum absolute atomic E-state index is 0.0589. The zero-order valence-corrected chi connectivity index (χ0v) is 21.0. The lowest BCUT2D eigenvalue weighted by atomic mass is 10.2. The van der Waals surface area contributed by atoms with Crippen molar-refractivity contribution in [2.45, 2.75) is 45.8 Å². The number of aryl methyl sites for hydroxylation is 1. The first-order valence-corrected chi connectivity index (χ1v) is 13.4. The number of carbonyl (C=O) groups excluding carboxylic acids is 1. The van der Waals surface area contributed by atoms with Crippen LogP contribution >= 0.6 is 22.7 Å². The van der Waals surface area contributed by atoms with E-state index in [0.717, 1.165) is 59.2 Å². The summed E-state index contributed by atoms with van der Waals surface area (Å²) >= 11 is 3.34. The van der Waals surface area contributed by atoms with E-state index < -0.39 is 0 Å². The van der Waals surface area contributed by atoms with Gasteiger partial charge < -0.3 is 14.6 Å². The van der Waals surface area contributed by atoms with Gasteiger partial charge in [0.2, 0.25) is 0 Å². The van der Waals surface area contributed by atoms with E-state index in [1.54, 1.807) is 22.7 Å². The Hall–Kier alpha value is -2.81. The molecule has 1 amide bonds. The van der Waals surface area contributed by atoms with Gasteiger partial charge in [-0.15, -0.1) is 22.7 Å². The number of hydrogen-bond acceptors (Lipinski definition) is 6. The van der Waals surface area contributed by atoms with Crippen LogP contribution in [0, 0.1) is 6.92 Å². The van der Waals surface area contributed by atoms with Crippen LogP contribution in [0.5, 0.6) is 0 Å². The molecule has 0 aromatic carbocycles. The highest BCUT2D eigenvalue weighted by molar-refractivity contribution is 7.13. The Morgan fingerprint density at radius 3 is 2.97 bits per heavy atom. The van der Waals surface area contributed by atoms with Gasteiger partial charge in [0.1, 0.15) is 5.01 Å². The topological polar surface area (TPSA) is 69.0 Å². The van der Waals surface area contributed by atoms with Crippen LogP contribution < -0.4 is 5.32 Å². The number of thiophene rings is 1. The van der Waals surface area contributed by atoms with Crippen molar-refractivity contribution in [2.75, 3.05) is 13.2 Å². The van der Waals surface area contributed by atoms with Crippen molar-refractivity contribution in [1.29, 1.82) is 0 Å². The summed E-state index contributed by atoms with van der Waals surface area (Å²) in [7, 11) is 0. The molecule has 8 heteroatoms. The zero-order valence-electron chi connectivity index (χ0n) is 19.4. The highest BCUT2D eigenvalue weighted by Gasteiger charge is 2.22.